The van der Waals surface area contributed by atoms with Gasteiger partial charge in [0.1, 0.15) is 22.3 Å². The lowest BCUT2D eigenvalue weighted by Crippen LogP contribution is -2.10. The molecule has 0 saturated carbocycles. The van der Waals surface area contributed by atoms with E-state index in [1.54, 1.807) is 0 Å². The van der Waals surface area contributed by atoms with Gasteiger partial charge in [-0.1, -0.05) is 170 Å². The zero-order valence-corrected chi connectivity index (χ0v) is 36.8. The third kappa shape index (κ3) is 6.01. The first kappa shape index (κ1) is 38.2. The first-order chi connectivity index (χ1) is 33.7. The minimum absolute atomic E-state index is 0.853. The van der Waals surface area contributed by atoms with E-state index in [1.807, 2.05) is 18.2 Å². The van der Waals surface area contributed by atoms with Crippen molar-refractivity contribution < 1.29 is 8.83 Å². The quantitative estimate of drug-likeness (QED) is 0.160. The van der Waals surface area contributed by atoms with Gasteiger partial charge in [-0.3, -0.25) is 0 Å². The fourth-order valence-electron chi connectivity index (χ4n) is 10.7. The summed E-state index contributed by atoms with van der Waals surface area (Å²) >= 11 is 0. The highest BCUT2D eigenvalue weighted by atomic mass is 16.3. The molecule has 0 aliphatic rings. The zero-order valence-electron chi connectivity index (χ0n) is 36.8. The second-order valence-electron chi connectivity index (χ2n) is 17.6. The van der Waals surface area contributed by atoms with E-state index in [2.05, 4.69) is 234 Å². The molecular weight excluding hydrogens is 829 g/mol. The molecule has 3 aromatic heterocycles. The SMILES string of the molecule is c1cc(-c2cccc3c2oc2ccccc23)cc(N(c2ccc(-c3cccc4ccccc34)cc2)c2cc(-c3cccc(-n4c5ccccc5c5ccccc54)c3)c3oc4ccccc4c3c2)c1. The Morgan fingerprint density at radius 2 is 0.838 bits per heavy atom. The molecule has 11 aromatic carbocycles. The maximum absolute atomic E-state index is 6.86. The van der Waals surface area contributed by atoms with Gasteiger partial charge in [0.05, 0.1) is 11.0 Å². The van der Waals surface area contributed by atoms with E-state index in [9.17, 15) is 0 Å². The number of fused-ring (bicyclic) bond motifs is 10. The van der Waals surface area contributed by atoms with Crippen LogP contribution in [0.15, 0.2) is 251 Å². The third-order valence-corrected chi connectivity index (χ3v) is 13.8. The van der Waals surface area contributed by atoms with E-state index in [1.165, 1.54) is 38.1 Å². The van der Waals surface area contributed by atoms with E-state index < -0.39 is 0 Å². The summed E-state index contributed by atoms with van der Waals surface area (Å²) in [7, 11) is 0. The second-order valence-corrected chi connectivity index (χ2v) is 17.6. The van der Waals surface area contributed by atoms with Gasteiger partial charge in [0, 0.05) is 66.2 Å². The van der Waals surface area contributed by atoms with Crippen LogP contribution in [0.25, 0.3) is 116 Å². The lowest BCUT2D eigenvalue weighted by Gasteiger charge is -2.27. The molecular formula is C64H40N2O2. The van der Waals surface area contributed by atoms with Crippen molar-refractivity contribution in [3.8, 4) is 39.1 Å². The Hall–Kier alpha value is -9.12. The summed E-state index contributed by atoms with van der Waals surface area (Å²) in [4.78, 5) is 2.39. The number of aromatic nitrogens is 1. The number of para-hydroxylation sites is 5. The summed E-state index contributed by atoms with van der Waals surface area (Å²) in [6, 6.07) is 87.0. The van der Waals surface area contributed by atoms with Crippen LogP contribution >= 0.6 is 0 Å². The molecule has 0 aliphatic heterocycles. The normalized spacial score (nSPS) is 11.8. The summed E-state index contributed by atoms with van der Waals surface area (Å²) in [6.07, 6.45) is 0. The van der Waals surface area contributed by atoms with Gasteiger partial charge in [0.2, 0.25) is 0 Å². The molecule has 0 bridgehead atoms. The molecule has 0 unspecified atom stereocenters. The molecule has 0 saturated heterocycles. The molecule has 3 heterocycles. The summed E-state index contributed by atoms with van der Waals surface area (Å²) in [6.45, 7) is 0. The number of furan rings is 2. The maximum Gasteiger partial charge on any atom is 0.143 e. The van der Waals surface area contributed by atoms with E-state index in [4.69, 9.17) is 8.83 Å². The first-order valence-corrected chi connectivity index (χ1v) is 23.2. The highest BCUT2D eigenvalue weighted by Gasteiger charge is 2.22. The number of hydrogen-bond donors (Lipinski definition) is 0. The molecule has 0 aliphatic carbocycles. The van der Waals surface area contributed by atoms with E-state index in [0.717, 1.165) is 94.4 Å². The average Bonchev–Trinajstić information content (AvgIpc) is 4.09. The van der Waals surface area contributed by atoms with Crippen LogP contribution in [0.5, 0.6) is 0 Å². The molecule has 4 heteroatoms. The van der Waals surface area contributed by atoms with Gasteiger partial charge >= 0.3 is 0 Å². The average molecular weight is 869 g/mol. The van der Waals surface area contributed by atoms with Crippen LogP contribution < -0.4 is 4.90 Å². The van der Waals surface area contributed by atoms with Crippen molar-refractivity contribution >= 4 is 93.5 Å². The van der Waals surface area contributed by atoms with Crippen LogP contribution in [0.4, 0.5) is 17.1 Å². The molecule has 0 atom stereocenters. The Bertz CT molecular complexity index is 4220. The Labute approximate surface area is 391 Å². The van der Waals surface area contributed by atoms with Crippen LogP contribution in [-0.4, -0.2) is 4.57 Å². The molecule has 14 aromatic rings. The van der Waals surface area contributed by atoms with Crippen molar-refractivity contribution in [2.24, 2.45) is 0 Å². The molecule has 68 heavy (non-hydrogen) atoms. The highest BCUT2D eigenvalue weighted by molar-refractivity contribution is 6.13. The summed E-state index contributed by atoms with van der Waals surface area (Å²) in [5, 5.41) is 9.27. The van der Waals surface area contributed by atoms with Crippen molar-refractivity contribution in [1.29, 1.82) is 0 Å². The maximum atomic E-state index is 6.86. The van der Waals surface area contributed by atoms with Gasteiger partial charge in [-0.25, -0.2) is 0 Å². The minimum atomic E-state index is 0.853. The number of anilines is 3. The fraction of sp³-hybridized carbons (Fsp3) is 0. The monoisotopic (exact) mass is 868 g/mol. The van der Waals surface area contributed by atoms with Gasteiger partial charge < -0.3 is 18.3 Å². The molecule has 0 amide bonds. The predicted molar refractivity (Wildman–Crippen MR) is 284 cm³/mol. The molecule has 0 N–H and O–H groups in total. The smallest absolute Gasteiger partial charge is 0.143 e. The van der Waals surface area contributed by atoms with Gasteiger partial charge in [-0.15, -0.1) is 0 Å². The molecule has 0 radical (unpaired) electrons. The van der Waals surface area contributed by atoms with Crippen LogP contribution in [0.3, 0.4) is 0 Å². The first-order valence-electron chi connectivity index (χ1n) is 23.2. The largest absolute Gasteiger partial charge is 0.455 e. The summed E-state index contributed by atoms with van der Waals surface area (Å²) < 4.78 is 15.8. The zero-order chi connectivity index (χ0) is 44.7. The number of hydrogen-bond acceptors (Lipinski definition) is 3. The van der Waals surface area contributed by atoms with E-state index in [0.29, 0.717) is 0 Å². The van der Waals surface area contributed by atoms with Crippen molar-refractivity contribution in [3.05, 3.63) is 243 Å². The van der Waals surface area contributed by atoms with Gasteiger partial charge in [0.25, 0.3) is 0 Å². The second kappa shape index (κ2) is 15.2. The lowest BCUT2D eigenvalue weighted by molar-refractivity contribution is 0.669. The standard InChI is InChI=1S/C64H40N2O2/c1-2-21-49-41(15-1)16-13-26-50(49)42-33-35-45(36-34-42)65(46-19-11-17-43(37-46)51-27-14-28-56-54-24-5-9-31-61(54)67-63(51)56)48-39-57(64-58(40-48)55-25-6-10-32-62(55)68-64)44-18-12-20-47(38-44)66-59-29-7-3-22-52(59)53-23-4-8-30-60(53)66/h1-40H. The molecule has 0 spiro atoms. The Kier molecular flexibility index (Phi) is 8.55. The van der Waals surface area contributed by atoms with Crippen LogP contribution in [-0.2, 0) is 0 Å². The van der Waals surface area contributed by atoms with Gasteiger partial charge in [-0.05, 0) is 106 Å². The molecule has 318 valence electrons. The van der Waals surface area contributed by atoms with Crippen molar-refractivity contribution in [1.82, 2.24) is 4.57 Å². The Morgan fingerprint density at radius 1 is 0.294 bits per heavy atom. The molecule has 0 fully saturated rings. The highest BCUT2D eigenvalue weighted by Crippen LogP contribution is 2.46. The van der Waals surface area contributed by atoms with Gasteiger partial charge in [0.15, 0.2) is 0 Å². The van der Waals surface area contributed by atoms with Crippen molar-refractivity contribution in [2.75, 3.05) is 4.90 Å². The third-order valence-electron chi connectivity index (χ3n) is 13.8. The van der Waals surface area contributed by atoms with Crippen LogP contribution in [0, 0.1) is 0 Å². The van der Waals surface area contributed by atoms with Crippen LogP contribution in [0.1, 0.15) is 0 Å². The molecule has 14 rings (SSSR count). The summed E-state index contributed by atoms with van der Waals surface area (Å²) in [5.74, 6) is 0. The summed E-state index contributed by atoms with van der Waals surface area (Å²) in [5.41, 5.74) is 16.5. The van der Waals surface area contributed by atoms with Crippen molar-refractivity contribution in [3.63, 3.8) is 0 Å². The van der Waals surface area contributed by atoms with E-state index in [-0.39, 0.29) is 0 Å². The minimum Gasteiger partial charge on any atom is -0.455 e. The Morgan fingerprint density at radius 3 is 1.59 bits per heavy atom. The number of benzene rings is 11. The number of nitrogens with zero attached hydrogens (tertiary/aromatic N) is 2. The molecule has 4 nitrogen and oxygen atoms in total. The number of rotatable bonds is 7. The predicted octanol–water partition coefficient (Wildman–Crippen LogP) is 18.2. The Balaban J connectivity index is 0.992. The van der Waals surface area contributed by atoms with Crippen LogP contribution in [0.2, 0.25) is 0 Å². The van der Waals surface area contributed by atoms with Crippen molar-refractivity contribution in [2.45, 2.75) is 0 Å². The topological polar surface area (TPSA) is 34.5 Å². The van der Waals surface area contributed by atoms with Gasteiger partial charge in [-0.2, -0.15) is 0 Å². The fourth-order valence-corrected chi connectivity index (χ4v) is 10.7. The van der Waals surface area contributed by atoms with E-state index >= 15 is 0 Å². The lowest BCUT2D eigenvalue weighted by atomic mass is 9.97.